The molecular formula is C22H15N5O2. The summed E-state index contributed by atoms with van der Waals surface area (Å²) < 4.78 is 5.80. The number of carbonyl (C=O) groups is 1. The van der Waals surface area contributed by atoms with Crippen molar-refractivity contribution in [2.45, 2.75) is 0 Å². The van der Waals surface area contributed by atoms with Crippen LogP contribution in [-0.2, 0) is 4.79 Å². The first kappa shape index (κ1) is 17.9. The number of nitrogens with zero attached hydrogens (tertiary/aromatic N) is 3. The second kappa shape index (κ2) is 8.06. The van der Waals surface area contributed by atoms with E-state index in [-0.39, 0.29) is 0 Å². The molecule has 140 valence electrons. The van der Waals surface area contributed by atoms with Gasteiger partial charge in [0.05, 0.1) is 10.9 Å². The molecule has 0 unspecified atom stereocenters. The van der Waals surface area contributed by atoms with Gasteiger partial charge in [0.1, 0.15) is 29.5 Å². The van der Waals surface area contributed by atoms with Gasteiger partial charge in [-0.1, -0.05) is 18.2 Å². The zero-order valence-electron chi connectivity index (χ0n) is 15.2. The normalized spacial score (nSPS) is 10.2. The summed E-state index contributed by atoms with van der Waals surface area (Å²) in [6.45, 7) is 0. The highest BCUT2D eigenvalue weighted by Gasteiger charge is 2.08. The Morgan fingerprint density at radius 1 is 0.966 bits per heavy atom. The number of carbonyl (C=O) groups excluding carboxylic acids is 1. The fraction of sp³-hybridized carbons (Fsp3) is 0. The third kappa shape index (κ3) is 4.28. The molecule has 4 rings (SSSR count). The van der Waals surface area contributed by atoms with E-state index >= 15 is 0 Å². The Morgan fingerprint density at radius 3 is 2.48 bits per heavy atom. The monoisotopic (exact) mass is 381 g/mol. The van der Waals surface area contributed by atoms with Crippen molar-refractivity contribution in [1.82, 2.24) is 15.0 Å². The van der Waals surface area contributed by atoms with E-state index in [4.69, 9.17) is 11.2 Å². The number of nitrogens with one attached hydrogen (secondary N) is 2. The van der Waals surface area contributed by atoms with Gasteiger partial charge in [-0.25, -0.2) is 15.0 Å². The first-order chi connectivity index (χ1) is 14.2. The van der Waals surface area contributed by atoms with Crippen molar-refractivity contribution in [3.63, 3.8) is 0 Å². The zero-order chi connectivity index (χ0) is 20.1. The first-order valence-corrected chi connectivity index (χ1v) is 8.69. The van der Waals surface area contributed by atoms with Gasteiger partial charge in [-0.05, 0) is 42.3 Å². The van der Waals surface area contributed by atoms with Crippen LogP contribution in [0.3, 0.4) is 0 Å². The van der Waals surface area contributed by atoms with Gasteiger partial charge in [0.15, 0.2) is 0 Å². The van der Waals surface area contributed by atoms with Gasteiger partial charge >= 0.3 is 5.91 Å². The zero-order valence-corrected chi connectivity index (χ0v) is 15.2. The van der Waals surface area contributed by atoms with Crippen LogP contribution >= 0.6 is 0 Å². The number of fused-ring (bicyclic) bond motifs is 1. The van der Waals surface area contributed by atoms with Crippen LogP contribution in [0.25, 0.3) is 10.9 Å². The number of aromatic nitrogens is 3. The number of benzene rings is 2. The van der Waals surface area contributed by atoms with Crippen molar-refractivity contribution < 1.29 is 9.53 Å². The molecule has 0 saturated heterocycles. The molecule has 0 aliphatic heterocycles. The second-order valence-corrected chi connectivity index (χ2v) is 5.97. The van der Waals surface area contributed by atoms with Crippen molar-refractivity contribution >= 4 is 34.1 Å². The number of anilines is 3. The highest BCUT2D eigenvalue weighted by atomic mass is 16.5. The number of para-hydroxylation sites is 1. The smallest absolute Gasteiger partial charge is 0.301 e. The minimum absolute atomic E-state index is 0.326. The first-order valence-electron chi connectivity index (χ1n) is 8.69. The van der Waals surface area contributed by atoms with E-state index < -0.39 is 5.91 Å². The van der Waals surface area contributed by atoms with Crippen LogP contribution in [0.15, 0.2) is 73.2 Å². The summed E-state index contributed by atoms with van der Waals surface area (Å²) in [5, 5.41) is 6.45. The van der Waals surface area contributed by atoms with Gasteiger partial charge in [-0.3, -0.25) is 10.1 Å². The van der Waals surface area contributed by atoms with Gasteiger partial charge in [-0.15, -0.1) is 6.42 Å². The average Bonchev–Trinajstić information content (AvgIpc) is 2.76. The summed E-state index contributed by atoms with van der Waals surface area (Å²) in [5.74, 6) is 3.83. The maximum absolute atomic E-state index is 11.3. The quantitative estimate of drug-likeness (QED) is 0.505. The van der Waals surface area contributed by atoms with E-state index in [1.54, 1.807) is 12.3 Å². The molecule has 2 aromatic heterocycles. The molecule has 0 atom stereocenters. The lowest BCUT2D eigenvalue weighted by Gasteiger charge is -2.10. The van der Waals surface area contributed by atoms with E-state index in [0.717, 1.165) is 17.2 Å². The summed E-state index contributed by atoms with van der Waals surface area (Å²) in [5.41, 5.74) is 1.45. The molecule has 0 bridgehead atoms. The van der Waals surface area contributed by atoms with Crippen LogP contribution in [0, 0.1) is 12.3 Å². The minimum Gasteiger partial charge on any atom is -0.457 e. The summed E-state index contributed by atoms with van der Waals surface area (Å²) in [7, 11) is 0. The van der Waals surface area contributed by atoms with Crippen molar-refractivity contribution in [1.29, 1.82) is 0 Å². The van der Waals surface area contributed by atoms with Gasteiger partial charge in [-0.2, -0.15) is 0 Å². The van der Waals surface area contributed by atoms with Gasteiger partial charge in [0.2, 0.25) is 0 Å². The lowest BCUT2D eigenvalue weighted by molar-refractivity contribution is -0.111. The Kier molecular flexibility index (Phi) is 4.99. The highest BCUT2D eigenvalue weighted by molar-refractivity contribution is 6.04. The van der Waals surface area contributed by atoms with Gasteiger partial charge < -0.3 is 10.1 Å². The Balaban J connectivity index is 1.53. The molecule has 2 N–H and O–H groups in total. The lowest BCUT2D eigenvalue weighted by atomic mass is 10.2. The Labute approximate surface area is 166 Å². The van der Waals surface area contributed by atoms with Crippen LogP contribution in [0.5, 0.6) is 11.5 Å². The van der Waals surface area contributed by atoms with Crippen LogP contribution in [0.4, 0.5) is 17.3 Å². The highest BCUT2D eigenvalue weighted by Crippen LogP contribution is 2.26. The van der Waals surface area contributed by atoms with E-state index in [9.17, 15) is 4.79 Å². The van der Waals surface area contributed by atoms with Gasteiger partial charge in [0, 0.05) is 18.0 Å². The number of hydrogen-bond donors (Lipinski definition) is 2. The molecule has 0 radical (unpaired) electrons. The molecule has 0 aliphatic rings. The molecule has 7 heteroatoms. The number of pyridine rings is 1. The molecule has 4 aromatic rings. The van der Waals surface area contributed by atoms with E-state index in [0.29, 0.717) is 22.5 Å². The SMILES string of the molecule is C#CC(=O)Nc1cc2ncnc(Nc3ccc(Oc4ccccc4)cc3)c2cn1. The Morgan fingerprint density at radius 2 is 1.72 bits per heavy atom. The molecule has 1 amide bonds. The molecule has 0 spiro atoms. The Bertz CT molecular complexity index is 1200. The van der Waals surface area contributed by atoms with Crippen molar-refractivity contribution in [3.05, 3.63) is 73.2 Å². The fourth-order valence-electron chi connectivity index (χ4n) is 2.64. The predicted molar refractivity (Wildman–Crippen MR) is 111 cm³/mol. The molecule has 29 heavy (non-hydrogen) atoms. The van der Waals surface area contributed by atoms with Crippen molar-refractivity contribution in [2.24, 2.45) is 0 Å². The summed E-state index contributed by atoms with van der Waals surface area (Å²) >= 11 is 0. The van der Waals surface area contributed by atoms with E-state index in [1.165, 1.54) is 6.33 Å². The average molecular weight is 381 g/mol. The van der Waals surface area contributed by atoms with Crippen molar-refractivity contribution in [2.75, 3.05) is 10.6 Å². The third-order valence-electron chi connectivity index (χ3n) is 3.99. The van der Waals surface area contributed by atoms with E-state index in [2.05, 4.69) is 25.6 Å². The Hall–Kier alpha value is -4.44. The molecule has 0 fully saturated rings. The maximum Gasteiger partial charge on any atom is 0.301 e. The minimum atomic E-state index is -0.568. The van der Waals surface area contributed by atoms with Crippen LogP contribution in [0.2, 0.25) is 0 Å². The summed E-state index contributed by atoms with van der Waals surface area (Å²) in [6.07, 6.45) is 8.08. The van der Waals surface area contributed by atoms with Crippen molar-refractivity contribution in [3.8, 4) is 23.8 Å². The topological polar surface area (TPSA) is 89.0 Å². The maximum atomic E-state index is 11.3. The number of terminal acetylenes is 1. The standard InChI is InChI=1S/C22H15N5O2/c1-2-21(28)27-20-12-19-18(13-23-20)22(25-14-24-19)26-15-8-10-17(11-9-15)29-16-6-4-3-5-7-16/h1,3-14H,(H,23,27,28)(H,24,25,26). The third-order valence-corrected chi connectivity index (χ3v) is 3.99. The van der Waals surface area contributed by atoms with Crippen LogP contribution < -0.4 is 15.4 Å². The number of amides is 1. The fourth-order valence-corrected chi connectivity index (χ4v) is 2.64. The number of rotatable bonds is 5. The molecule has 0 aliphatic carbocycles. The number of hydrogen-bond acceptors (Lipinski definition) is 6. The molecular weight excluding hydrogens is 366 g/mol. The largest absolute Gasteiger partial charge is 0.457 e. The summed E-state index contributed by atoms with van der Waals surface area (Å²) in [4.78, 5) is 24.0. The molecule has 7 nitrogen and oxygen atoms in total. The van der Waals surface area contributed by atoms with E-state index in [1.807, 2.05) is 60.5 Å². The molecule has 0 saturated carbocycles. The van der Waals surface area contributed by atoms with Crippen LogP contribution in [0.1, 0.15) is 0 Å². The predicted octanol–water partition coefficient (Wildman–Crippen LogP) is 4.13. The summed E-state index contributed by atoms with van der Waals surface area (Å²) in [6, 6.07) is 18.7. The van der Waals surface area contributed by atoms with Gasteiger partial charge in [0.25, 0.3) is 0 Å². The van der Waals surface area contributed by atoms with Crippen LogP contribution in [-0.4, -0.2) is 20.9 Å². The number of ether oxygens (including phenoxy) is 1. The lowest BCUT2D eigenvalue weighted by Crippen LogP contribution is -2.09. The molecule has 2 heterocycles. The molecule has 2 aromatic carbocycles. The second-order valence-electron chi connectivity index (χ2n) is 5.97.